The van der Waals surface area contributed by atoms with Crippen molar-refractivity contribution < 1.29 is 9.21 Å². The Morgan fingerprint density at radius 1 is 0.931 bits per heavy atom. The van der Waals surface area contributed by atoms with E-state index in [1.165, 1.54) is 11.1 Å². The number of hydrogen-bond donors (Lipinski definition) is 1. The third-order valence-corrected chi connectivity index (χ3v) is 4.73. The van der Waals surface area contributed by atoms with Crippen LogP contribution < -0.4 is 10.9 Å². The molecule has 5 nitrogen and oxygen atoms in total. The van der Waals surface area contributed by atoms with Gasteiger partial charge in [0.25, 0.3) is 0 Å². The van der Waals surface area contributed by atoms with Gasteiger partial charge in [-0.05, 0) is 53.9 Å². The number of rotatable bonds is 7. The van der Waals surface area contributed by atoms with E-state index in [9.17, 15) is 9.59 Å². The highest BCUT2D eigenvalue weighted by Gasteiger charge is 2.13. The molecular weight excluding hydrogens is 364 g/mol. The predicted molar refractivity (Wildman–Crippen MR) is 113 cm³/mol. The largest absolute Gasteiger partial charge is 0.422 e. The lowest BCUT2D eigenvalue weighted by molar-refractivity contribution is 0.0983. The van der Waals surface area contributed by atoms with Gasteiger partial charge in [0, 0.05) is 36.4 Å². The number of para-hydroxylation sites is 1. The van der Waals surface area contributed by atoms with Crippen LogP contribution in [0.5, 0.6) is 0 Å². The van der Waals surface area contributed by atoms with Gasteiger partial charge in [0.05, 0.1) is 0 Å². The molecule has 0 saturated heterocycles. The normalized spacial score (nSPS) is 10.8. The van der Waals surface area contributed by atoms with E-state index >= 15 is 0 Å². The van der Waals surface area contributed by atoms with Crippen molar-refractivity contribution >= 4 is 22.4 Å². The van der Waals surface area contributed by atoms with Crippen molar-refractivity contribution in [2.24, 2.45) is 0 Å². The number of carbonyl (C=O) groups excluding carboxylic acids is 1. The first-order valence-corrected chi connectivity index (χ1v) is 9.47. The second-order valence-corrected chi connectivity index (χ2v) is 6.81. The zero-order valence-electron chi connectivity index (χ0n) is 15.8. The Labute approximate surface area is 168 Å². The van der Waals surface area contributed by atoms with E-state index in [2.05, 4.69) is 22.4 Å². The zero-order chi connectivity index (χ0) is 20.1. The predicted octanol–water partition coefficient (Wildman–Crippen LogP) is 4.46. The van der Waals surface area contributed by atoms with Gasteiger partial charge in [0.1, 0.15) is 11.1 Å². The van der Waals surface area contributed by atoms with Crippen LogP contribution in [-0.4, -0.2) is 17.3 Å². The molecule has 0 atom stereocenters. The summed E-state index contributed by atoms with van der Waals surface area (Å²) in [5.74, 6) is -0.230. The van der Waals surface area contributed by atoms with Gasteiger partial charge >= 0.3 is 5.63 Å². The summed E-state index contributed by atoms with van der Waals surface area (Å²) >= 11 is 0. The molecule has 0 aliphatic carbocycles. The van der Waals surface area contributed by atoms with Gasteiger partial charge in [-0.3, -0.25) is 9.78 Å². The second-order valence-electron chi connectivity index (χ2n) is 6.81. The summed E-state index contributed by atoms with van der Waals surface area (Å²) in [6.07, 6.45) is 4.64. The van der Waals surface area contributed by atoms with Crippen LogP contribution in [0.4, 0.5) is 5.69 Å². The lowest BCUT2D eigenvalue weighted by Crippen LogP contribution is -2.16. The molecule has 4 rings (SSSR count). The minimum atomic E-state index is -0.589. The first-order chi connectivity index (χ1) is 14.2. The smallest absolute Gasteiger partial charge is 0.347 e. The summed E-state index contributed by atoms with van der Waals surface area (Å²) in [5, 5.41) is 3.97. The van der Waals surface area contributed by atoms with E-state index < -0.39 is 5.63 Å². The number of Topliss-reactive ketones (excluding diaryl/α,β-unsaturated/α-hetero) is 1. The van der Waals surface area contributed by atoms with Crippen molar-refractivity contribution in [3.8, 4) is 0 Å². The van der Waals surface area contributed by atoms with Gasteiger partial charge in [0.2, 0.25) is 0 Å². The lowest BCUT2D eigenvalue weighted by atomic mass is 10.1. The van der Waals surface area contributed by atoms with E-state index in [0.717, 1.165) is 17.5 Å². The number of carbonyl (C=O) groups is 1. The third-order valence-electron chi connectivity index (χ3n) is 4.73. The van der Waals surface area contributed by atoms with Crippen LogP contribution in [0.25, 0.3) is 11.0 Å². The molecule has 0 aliphatic rings. The van der Waals surface area contributed by atoms with Gasteiger partial charge < -0.3 is 9.73 Å². The summed E-state index contributed by atoms with van der Waals surface area (Å²) < 4.78 is 5.24. The monoisotopic (exact) mass is 384 g/mol. The molecule has 2 heterocycles. The fourth-order valence-corrected chi connectivity index (χ4v) is 3.19. The van der Waals surface area contributed by atoms with Crippen molar-refractivity contribution in [2.75, 3.05) is 11.9 Å². The molecule has 2 aromatic carbocycles. The van der Waals surface area contributed by atoms with Gasteiger partial charge in [-0.15, -0.1) is 0 Å². The molecule has 0 fully saturated rings. The summed E-state index contributed by atoms with van der Waals surface area (Å²) in [7, 11) is 0. The van der Waals surface area contributed by atoms with Gasteiger partial charge in [-0.25, -0.2) is 4.79 Å². The molecule has 0 radical (unpaired) electrons. The van der Waals surface area contributed by atoms with Crippen molar-refractivity contribution in [1.29, 1.82) is 0 Å². The molecule has 0 spiro atoms. The fraction of sp³-hybridized carbons (Fsp3) is 0.125. The molecule has 144 valence electrons. The lowest BCUT2D eigenvalue weighted by Gasteiger charge is -2.08. The van der Waals surface area contributed by atoms with Crippen LogP contribution in [0.2, 0.25) is 0 Å². The number of anilines is 1. The number of pyridine rings is 1. The highest BCUT2D eigenvalue weighted by molar-refractivity contribution is 5.98. The van der Waals surface area contributed by atoms with E-state index in [0.29, 0.717) is 12.1 Å². The molecule has 0 amide bonds. The van der Waals surface area contributed by atoms with E-state index in [1.54, 1.807) is 30.6 Å². The molecule has 1 N–H and O–H groups in total. The van der Waals surface area contributed by atoms with Crippen LogP contribution in [0, 0.1) is 0 Å². The highest BCUT2D eigenvalue weighted by Crippen LogP contribution is 2.15. The number of aromatic nitrogens is 1. The third kappa shape index (κ3) is 4.58. The van der Waals surface area contributed by atoms with Crippen molar-refractivity contribution in [2.45, 2.75) is 12.8 Å². The standard InChI is InChI=1S/C24H20N2O3/c27-22(21-16-19-3-1-2-4-23(19)29-24(21)28)11-14-26-20-7-5-17(6-8-20)15-18-9-12-25-13-10-18/h1-10,12-13,16,26H,11,14-15H2. The van der Waals surface area contributed by atoms with E-state index in [1.807, 2.05) is 36.4 Å². The van der Waals surface area contributed by atoms with E-state index in [4.69, 9.17) is 4.42 Å². The number of benzene rings is 2. The fourth-order valence-electron chi connectivity index (χ4n) is 3.19. The van der Waals surface area contributed by atoms with E-state index in [-0.39, 0.29) is 17.8 Å². The maximum absolute atomic E-state index is 12.5. The number of nitrogens with zero attached hydrogens (tertiary/aromatic N) is 1. The Bertz CT molecular complexity index is 1180. The molecule has 4 aromatic rings. The van der Waals surface area contributed by atoms with Crippen LogP contribution in [0.15, 0.2) is 88.3 Å². The summed E-state index contributed by atoms with van der Waals surface area (Å²) in [6, 6.07) is 20.9. The van der Waals surface area contributed by atoms with Gasteiger partial charge in [-0.2, -0.15) is 0 Å². The molecule has 0 saturated carbocycles. The first-order valence-electron chi connectivity index (χ1n) is 9.47. The SMILES string of the molecule is O=C(CCNc1ccc(Cc2ccncc2)cc1)c1cc2ccccc2oc1=O. The van der Waals surface area contributed by atoms with Crippen LogP contribution in [0.1, 0.15) is 27.9 Å². The Morgan fingerprint density at radius 2 is 1.66 bits per heavy atom. The molecule has 29 heavy (non-hydrogen) atoms. The average Bonchev–Trinajstić information content (AvgIpc) is 2.75. The Hall–Kier alpha value is -3.73. The maximum Gasteiger partial charge on any atom is 0.347 e. The zero-order valence-corrected chi connectivity index (χ0v) is 15.8. The Morgan fingerprint density at radius 3 is 2.45 bits per heavy atom. The molecule has 5 heteroatoms. The highest BCUT2D eigenvalue weighted by atomic mass is 16.4. The summed E-state index contributed by atoms with van der Waals surface area (Å²) in [6.45, 7) is 0.439. The number of nitrogens with one attached hydrogen (secondary N) is 1. The van der Waals surface area contributed by atoms with Crippen LogP contribution in [0.3, 0.4) is 0 Å². The van der Waals surface area contributed by atoms with Crippen molar-refractivity contribution in [3.05, 3.63) is 106 Å². The summed E-state index contributed by atoms with van der Waals surface area (Å²) in [4.78, 5) is 28.6. The molecule has 0 unspecified atom stereocenters. The molecule has 0 bridgehead atoms. The summed E-state index contributed by atoms with van der Waals surface area (Å²) in [5.41, 5.74) is 3.33. The Kier molecular flexibility index (Phi) is 5.47. The van der Waals surface area contributed by atoms with Crippen molar-refractivity contribution in [3.63, 3.8) is 0 Å². The number of ketones is 1. The number of fused-ring (bicyclic) bond motifs is 1. The van der Waals surface area contributed by atoms with Crippen LogP contribution in [-0.2, 0) is 6.42 Å². The minimum absolute atomic E-state index is 0.0956. The van der Waals surface area contributed by atoms with Gasteiger partial charge in [0.15, 0.2) is 5.78 Å². The second kappa shape index (κ2) is 8.52. The minimum Gasteiger partial charge on any atom is -0.422 e. The van der Waals surface area contributed by atoms with Crippen molar-refractivity contribution in [1.82, 2.24) is 4.98 Å². The van der Waals surface area contributed by atoms with Crippen LogP contribution >= 0.6 is 0 Å². The average molecular weight is 384 g/mol. The Balaban J connectivity index is 1.34. The maximum atomic E-state index is 12.5. The molecule has 0 aliphatic heterocycles. The van der Waals surface area contributed by atoms with Gasteiger partial charge in [-0.1, -0.05) is 30.3 Å². The topological polar surface area (TPSA) is 72.2 Å². The number of hydrogen-bond acceptors (Lipinski definition) is 5. The first kappa shape index (κ1) is 18.6. The molecular formula is C24H20N2O3. The molecule has 2 aromatic heterocycles. The quantitative estimate of drug-likeness (QED) is 0.376.